The molecular weight excluding hydrogens is 660 g/mol. The highest BCUT2D eigenvalue weighted by atomic mass is 35.5. The third-order valence-electron chi connectivity index (χ3n) is 8.61. The zero-order chi connectivity index (χ0) is 34.5. The van der Waals surface area contributed by atoms with Gasteiger partial charge in [-0.2, -0.15) is 8.42 Å². The van der Waals surface area contributed by atoms with Crippen LogP contribution in [-0.2, 0) is 27.8 Å². The van der Waals surface area contributed by atoms with E-state index in [-0.39, 0.29) is 12.5 Å². The van der Waals surface area contributed by atoms with Crippen molar-refractivity contribution in [1.29, 1.82) is 0 Å². The number of fused-ring (bicyclic) bond motifs is 1. The smallest absolute Gasteiger partial charge is 0.266 e. The van der Waals surface area contributed by atoms with Crippen LogP contribution in [0.4, 0.5) is 5.69 Å². The second-order valence-electron chi connectivity index (χ2n) is 12.1. The van der Waals surface area contributed by atoms with Gasteiger partial charge in [-0.15, -0.1) is 0 Å². The van der Waals surface area contributed by atoms with Gasteiger partial charge in [-0.25, -0.2) is 0 Å². The third-order valence-corrected chi connectivity index (χ3v) is 9.56. The average Bonchev–Trinajstić information content (AvgIpc) is 3.56. The van der Waals surface area contributed by atoms with Crippen LogP contribution in [0, 0.1) is 6.92 Å². The summed E-state index contributed by atoms with van der Waals surface area (Å²) in [7, 11) is -4.18. The minimum absolute atomic E-state index is 0.176. The number of amides is 2. The van der Waals surface area contributed by atoms with Gasteiger partial charge in [0, 0.05) is 29.2 Å². The van der Waals surface area contributed by atoms with E-state index in [0.717, 1.165) is 51.1 Å². The first kappa shape index (κ1) is 33.9. The summed E-state index contributed by atoms with van der Waals surface area (Å²) in [5, 5.41) is 6.26. The predicted octanol–water partition coefficient (Wildman–Crippen LogP) is 7.50. The topological polar surface area (TPSA) is 122 Å². The van der Waals surface area contributed by atoms with Crippen molar-refractivity contribution in [2.75, 3.05) is 24.2 Å². The molecule has 2 amide bonds. The van der Waals surface area contributed by atoms with E-state index < -0.39 is 27.7 Å². The van der Waals surface area contributed by atoms with Gasteiger partial charge in [0.1, 0.15) is 5.75 Å². The summed E-state index contributed by atoms with van der Waals surface area (Å²) in [6.07, 6.45) is 1.25. The van der Waals surface area contributed by atoms with Crippen molar-refractivity contribution in [2.24, 2.45) is 0 Å². The molecule has 49 heavy (non-hydrogen) atoms. The van der Waals surface area contributed by atoms with Crippen LogP contribution >= 0.6 is 11.6 Å². The molecule has 6 rings (SSSR count). The van der Waals surface area contributed by atoms with Crippen LogP contribution in [0.15, 0.2) is 109 Å². The van der Waals surface area contributed by atoms with Gasteiger partial charge in [0.05, 0.1) is 18.3 Å². The van der Waals surface area contributed by atoms with Crippen LogP contribution in [-0.4, -0.2) is 43.7 Å². The van der Waals surface area contributed by atoms with Crippen molar-refractivity contribution in [3.8, 4) is 28.0 Å². The lowest BCUT2D eigenvalue weighted by Crippen LogP contribution is -2.28. The maximum Gasteiger partial charge on any atom is 0.266 e. The number of halogens is 1. The Bertz CT molecular complexity index is 2100. The lowest BCUT2D eigenvalue weighted by atomic mass is 9.89. The molecule has 250 valence electrons. The number of benzene rings is 5. The Morgan fingerprint density at radius 3 is 2.24 bits per heavy atom. The Morgan fingerprint density at radius 2 is 1.55 bits per heavy atom. The first-order chi connectivity index (χ1) is 23.5. The molecule has 5 aromatic carbocycles. The van der Waals surface area contributed by atoms with Crippen molar-refractivity contribution in [3.63, 3.8) is 0 Å². The van der Waals surface area contributed by atoms with Crippen molar-refractivity contribution in [2.45, 2.75) is 25.7 Å². The minimum Gasteiger partial charge on any atom is -0.493 e. The van der Waals surface area contributed by atoms with E-state index in [1.807, 2.05) is 85.8 Å². The SMILES string of the molecule is Cc1cc(Cl)ccc1-c1ccc(NC(=O)[C@H](Cc2ccc(C(=O)NCCS(=O)(=O)O)cc2)c2ccc(-c3ccc4c(c3)CCO4)cc2)cc1. The molecule has 0 spiro atoms. The number of rotatable bonds is 11. The molecule has 8 nitrogen and oxygen atoms in total. The Morgan fingerprint density at radius 1 is 0.857 bits per heavy atom. The van der Waals surface area contributed by atoms with E-state index in [4.69, 9.17) is 20.9 Å². The van der Waals surface area contributed by atoms with Crippen molar-refractivity contribution >= 4 is 39.2 Å². The fourth-order valence-electron chi connectivity index (χ4n) is 5.97. The summed E-state index contributed by atoms with van der Waals surface area (Å²) in [6.45, 7) is 2.49. The molecule has 0 fully saturated rings. The van der Waals surface area contributed by atoms with E-state index in [2.05, 4.69) is 16.7 Å². The van der Waals surface area contributed by atoms with Gasteiger partial charge in [-0.3, -0.25) is 14.1 Å². The fraction of sp³-hybridized carbons (Fsp3) is 0.179. The summed E-state index contributed by atoms with van der Waals surface area (Å²) in [5.41, 5.74) is 9.12. The number of carbonyl (C=O) groups excluding carboxylic acids is 2. The molecule has 0 aromatic heterocycles. The number of ether oxygens (including phenoxy) is 1. The summed E-state index contributed by atoms with van der Waals surface area (Å²) in [5.74, 6) is -0.831. The summed E-state index contributed by atoms with van der Waals surface area (Å²) in [4.78, 5) is 26.4. The lowest BCUT2D eigenvalue weighted by Gasteiger charge is -2.19. The van der Waals surface area contributed by atoms with Crippen LogP contribution in [0.2, 0.25) is 5.02 Å². The first-order valence-electron chi connectivity index (χ1n) is 15.9. The molecule has 1 aliphatic rings. The van der Waals surface area contributed by atoms with Gasteiger partial charge in [-0.05, 0) is 106 Å². The third kappa shape index (κ3) is 8.56. The second kappa shape index (κ2) is 14.7. The standard InChI is InChI=1S/C39H35ClN2O6S/c1-25-22-33(40)13-16-35(25)28-10-14-34(15-11-28)42-39(44)36(23-26-2-4-30(5-3-26)38(43)41-19-21-49(45,46)47)29-8-6-27(7-9-29)31-12-17-37-32(24-31)18-20-48-37/h2-17,22,24,36H,18-21,23H2,1H3,(H,41,43)(H,42,44)(H,45,46,47)/t36-/m1/s1. The summed E-state index contributed by atoms with van der Waals surface area (Å²) >= 11 is 6.14. The maximum atomic E-state index is 13.9. The second-order valence-corrected chi connectivity index (χ2v) is 14.1. The highest BCUT2D eigenvalue weighted by Gasteiger charge is 2.23. The van der Waals surface area contributed by atoms with Crippen LogP contribution in [0.3, 0.4) is 0 Å². The molecule has 3 N–H and O–H groups in total. The van der Waals surface area contributed by atoms with Gasteiger partial charge >= 0.3 is 0 Å². The van der Waals surface area contributed by atoms with Crippen LogP contribution in [0.1, 0.15) is 38.5 Å². The molecule has 10 heteroatoms. The van der Waals surface area contributed by atoms with Crippen molar-refractivity contribution in [3.05, 3.63) is 142 Å². The summed E-state index contributed by atoms with van der Waals surface area (Å²) in [6, 6.07) is 34.5. The average molecular weight is 695 g/mol. The molecule has 0 unspecified atom stereocenters. The molecule has 1 atom stereocenters. The molecule has 0 saturated heterocycles. The highest BCUT2D eigenvalue weighted by Crippen LogP contribution is 2.32. The normalized spacial score (nSPS) is 12.9. The largest absolute Gasteiger partial charge is 0.493 e. The van der Waals surface area contributed by atoms with Gasteiger partial charge in [0.2, 0.25) is 5.91 Å². The van der Waals surface area contributed by atoms with Crippen molar-refractivity contribution < 1.29 is 27.3 Å². The number of carbonyl (C=O) groups is 2. The zero-order valence-corrected chi connectivity index (χ0v) is 28.4. The molecule has 5 aromatic rings. The predicted molar refractivity (Wildman–Crippen MR) is 193 cm³/mol. The number of hydrogen-bond donors (Lipinski definition) is 3. The number of nitrogens with one attached hydrogen (secondary N) is 2. The highest BCUT2D eigenvalue weighted by molar-refractivity contribution is 7.85. The summed E-state index contributed by atoms with van der Waals surface area (Å²) < 4.78 is 36.5. The van der Waals surface area contributed by atoms with Crippen LogP contribution in [0.25, 0.3) is 22.3 Å². The Hall–Kier alpha value is -4.96. The molecule has 1 aliphatic heterocycles. The van der Waals surface area contributed by atoms with E-state index in [1.54, 1.807) is 24.3 Å². The van der Waals surface area contributed by atoms with Crippen molar-refractivity contribution in [1.82, 2.24) is 5.32 Å². The number of hydrogen-bond acceptors (Lipinski definition) is 5. The maximum absolute atomic E-state index is 13.9. The first-order valence-corrected chi connectivity index (χ1v) is 17.9. The number of anilines is 1. The number of aryl methyl sites for hydroxylation is 1. The van der Waals surface area contributed by atoms with E-state index >= 15 is 0 Å². The quantitative estimate of drug-likeness (QED) is 0.123. The molecule has 0 saturated carbocycles. The van der Waals surface area contributed by atoms with E-state index in [1.165, 1.54) is 5.56 Å². The van der Waals surface area contributed by atoms with Gasteiger partial charge in [0.15, 0.2) is 0 Å². The van der Waals surface area contributed by atoms with Gasteiger partial charge in [-0.1, -0.05) is 72.3 Å². The molecular formula is C39H35ClN2O6S. The Kier molecular flexibility index (Phi) is 10.1. The molecule has 0 bridgehead atoms. The van der Waals surface area contributed by atoms with E-state index in [0.29, 0.717) is 29.3 Å². The van der Waals surface area contributed by atoms with Gasteiger partial charge in [0.25, 0.3) is 16.0 Å². The monoisotopic (exact) mass is 694 g/mol. The van der Waals surface area contributed by atoms with E-state index in [9.17, 15) is 18.0 Å². The Balaban J connectivity index is 1.22. The molecule has 1 heterocycles. The lowest BCUT2D eigenvalue weighted by molar-refractivity contribution is -0.117. The zero-order valence-electron chi connectivity index (χ0n) is 26.8. The molecule has 0 aliphatic carbocycles. The Labute approximate surface area is 290 Å². The van der Waals surface area contributed by atoms with Crippen LogP contribution < -0.4 is 15.4 Å². The minimum atomic E-state index is -4.18. The van der Waals surface area contributed by atoms with Gasteiger partial charge < -0.3 is 15.4 Å². The van der Waals surface area contributed by atoms with Crippen LogP contribution in [0.5, 0.6) is 5.75 Å². The fourth-order valence-corrected chi connectivity index (χ4v) is 6.56. The molecule has 0 radical (unpaired) electrons.